The zero-order valence-corrected chi connectivity index (χ0v) is 20.2. The fourth-order valence-corrected chi connectivity index (χ4v) is 4.29. The van der Waals surface area contributed by atoms with Crippen LogP contribution in [0.4, 0.5) is 29.1 Å². The standard InChI is InChI=1S/C23H23Cl2N9O/c24-16-9-15(10-17(25)11-16)13-27-20-12-21(29-14-28-20)34-22(26)31-23(32-34)30-18-1-3-19(4-2-18)33-5-7-35-8-6-33/h1-4,9-12,14H,5-8,13H2,(H,27,28,29)(H3,26,30,31,32). The number of halogens is 2. The molecule has 3 heterocycles. The first-order chi connectivity index (χ1) is 17.0. The summed E-state index contributed by atoms with van der Waals surface area (Å²) in [6.07, 6.45) is 1.43. The number of ether oxygens (including phenoxy) is 1. The highest BCUT2D eigenvalue weighted by Gasteiger charge is 2.13. The summed E-state index contributed by atoms with van der Waals surface area (Å²) in [5.74, 6) is 1.63. The minimum absolute atomic E-state index is 0.198. The van der Waals surface area contributed by atoms with Gasteiger partial charge in [0.2, 0.25) is 11.9 Å². The van der Waals surface area contributed by atoms with Gasteiger partial charge in [-0.3, -0.25) is 0 Å². The summed E-state index contributed by atoms with van der Waals surface area (Å²) < 4.78 is 6.87. The average Bonchev–Trinajstić information content (AvgIpc) is 3.23. The smallest absolute Gasteiger partial charge is 0.248 e. The van der Waals surface area contributed by atoms with E-state index in [0.29, 0.717) is 34.2 Å². The maximum Gasteiger partial charge on any atom is 0.248 e. The number of nitrogens with one attached hydrogen (secondary N) is 2. The largest absolute Gasteiger partial charge is 0.378 e. The molecule has 4 aromatic rings. The van der Waals surface area contributed by atoms with E-state index in [0.717, 1.165) is 43.2 Å². The van der Waals surface area contributed by atoms with Crippen LogP contribution in [0.25, 0.3) is 5.82 Å². The maximum atomic E-state index is 6.12. The van der Waals surface area contributed by atoms with Gasteiger partial charge in [-0.05, 0) is 48.0 Å². The van der Waals surface area contributed by atoms with Crippen LogP contribution in [0.5, 0.6) is 0 Å². The molecule has 180 valence electrons. The first-order valence-corrected chi connectivity index (χ1v) is 11.7. The van der Waals surface area contributed by atoms with E-state index in [-0.39, 0.29) is 5.95 Å². The van der Waals surface area contributed by atoms with Crippen LogP contribution in [0.3, 0.4) is 0 Å². The Bertz CT molecular complexity index is 1290. The van der Waals surface area contributed by atoms with Crippen LogP contribution in [-0.4, -0.2) is 51.0 Å². The molecule has 0 bridgehead atoms. The van der Waals surface area contributed by atoms with Gasteiger partial charge < -0.3 is 26.0 Å². The number of hydrogen-bond acceptors (Lipinski definition) is 9. The molecule has 1 aliphatic rings. The van der Waals surface area contributed by atoms with Gasteiger partial charge in [-0.15, -0.1) is 5.10 Å². The maximum absolute atomic E-state index is 6.12. The van der Waals surface area contributed by atoms with Crippen molar-refractivity contribution >= 4 is 52.3 Å². The Labute approximate surface area is 212 Å². The van der Waals surface area contributed by atoms with Crippen molar-refractivity contribution < 1.29 is 4.74 Å². The number of aromatic nitrogens is 5. The quantitative estimate of drug-likeness (QED) is 0.336. The molecule has 10 nitrogen and oxygen atoms in total. The lowest BCUT2D eigenvalue weighted by Gasteiger charge is -2.28. The molecule has 2 aromatic carbocycles. The highest BCUT2D eigenvalue weighted by atomic mass is 35.5. The summed E-state index contributed by atoms with van der Waals surface area (Å²) in [5, 5.41) is 12.0. The number of anilines is 5. The van der Waals surface area contributed by atoms with Gasteiger partial charge in [0.05, 0.1) is 13.2 Å². The Kier molecular flexibility index (Phi) is 6.84. The van der Waals surface area contributed by atoms with Crippen LogP contribution in [-0.2, 0) is 11.3 Å². The lowest BCUT2D eigenvalue weighted by molar-refractivity contribution is 0.122. The summed E-state index contributed by atoms with van der Waals surface area (Å²) in [5.41, 5.74) is 9.04. The first-order valence-electron chi connectivity index (χ1n) is 11.0. The molecule has 0 unspecified atom stereocenters. The second-order valence-corrected chi connectivity index (χ2v) is 8.74. The molecule has 4 N–H and O–H groups in total. The molecular formula is C23H23Cl2N9O. The average molecular weight is 512 g/mol. The van der Waals surface area contributed by atoms with Crippen LogP contribution < -0.4 is 21.3 Å². The van der Waals surface area contributed by atoms with Crippen molar-refractivity contribution in [3.8, 4) is 5.82 Å². The number of nitrogens with two attached hydrogens (primary N) is 1. The Morgan fingerprint density at radius 2 is 1.71 bits per heavy atom. The van der Waals surface area contributed by atoms with Gasteiger partial charge in [-0.25, -0.2) is 9.97 Å². The monoisotopic (exact) mass is 511 g/mol. The van der Waals surface area contributed by atoms with Crippen molar-refractivity contribution in [2.24, 2.45) is 0 Å². The molecule has 2 aromatic heterocycles. The summed E-state index contributed by atoms with van der Waals surface area (Å²) >= 11 is 12.2. The Balaban J connectivity index is 1.26. The Morgan fingerprint density at radius 1 is 0.971 bits per heavy atom. The third kappa shape index (κ3) is 5.73. The van der Waals surface area contributed by atoms with Gasteiger partial charge >= 0.3 is 0 Å². The van der Waals surface area contributed by atoms with Crippen molar-refractivity contribution in [2.45, 2.75) is 6.54 Å². The van der Waals surface area contributed by atoms with Crippen molar-refractivity contribution in [2.75, 3.05) is 47.6 Å². The lowest BCUT2D eigenvalue weighted by atomic mass is 10.2. The molecule has 0 amide bonds. The van der Waals surface area contributed by atoms with Crippen LogP contribution in [0.1, 0.15) is 5.56 Å². The van der Waals surface area contributed by atoms with Gasteiger partial charge in [0, 0.05) is 47.1 Å². The number of rotatable bonds is 7. The zero-order valence-electron chi connectivity index (χ0n) is 18.7. The van der Waals surface area contributed by atoms with Crippen LogP contribution >= 0.6 is 23.2 Å². The number of hydrogen-bond donors (Lipinski definition) is 3. The minimum Gasteiger partial charge on any atom is -0.378 e. The second kappa shape index (κ2) is 10.3. The van der Waals surface area contributed by atoms with E-state index in [1.165, 1.54) is 11.0 Å². The fraction of sp³-hybridized carbons (Fsp3) is 0.217. The normalized spacial score (nSPS) is 13.6. The predicted molar refractivity (Wildman–Crippen MR) is 138 cm³/mol. The van der Waals surface area contributed by atoms with Crippen LogP contribution in [0.2, 0.25) is 10.0 Å². The lowest BCUT2D eigenvalue weighted by Crippen LogP contribution is -2.36. The van der Waals surface area contributed by atoms with Crippen molar-refractivity contribution in [3.05, 3.63) is 70.5 Å². The van der Waals surface area contributed by atoms with Crippen LogP contribution in [0.15, 0.2) is 54.9 Å². The fourth-order valence-electron chi connectivity index (χ4n) is 3.72. The van der Waals surface area contributed by atoms with E-state index in [1.54, 1.807) is 12.1 Å². The van der Waals surface area contributed by atoms with E-state index in [2.05, 4.69) is 47.7 Å². The summed E-state index contributed by atoms with van der Waals surface area (Å²) in [6, 6.07) is 15.2. The van der Waals surface area contributed by atoms with Gasteiger partial charge in [-0.2, -0.15) is 9.67 Å². The molecule has 5 rings (SSSR count). The summed E-state index contributed by atoms with van der Waals surface area (Å²) in [7, 11) is 0. The van der Waals surface area contributed by atoms with Gasteiger partial charge in [0.1, 0.15) is 12.1 Å². The first kappa shape index (κ1) is 23.2. The van der Waals surface area contributed by atoms with E-state index in [9.17, 15) is 0 Å². The van der Waals surface area contributed by atoms with Gasteiger partial charge in [-0.1, -0.05) is 23.2 Å². The molecule has 12 heteroatoms. The zero-order chi connectivity index (χ0) is 24.2. The van der Waals surface area contributed by atoms with Gasteiger partial charge in [0.25, 0.3) is 0 Å². The number of morpholine rings is 1. The topological polar surface area (TPSA) is 119 Å². The molecule has 0 radical (unpaired) electrons. The molecule has 0 saturated carbocycles. The van der Waals surface area contributed by atoms with E-state index in [4.69, 9.17) is 33.7 Å². The van der Waals surface area contributed by atoms with E-state index in [1.807, 2.05) is 24.3 Å². The molecule has 1 saturated heterocycles. The van der Waals surface area contributed by atoms with E-state index < -0.39 is 0 Å². The van der Waals surface area contributed by atoms with Gasteiger partial charge in [0.15, 0.2) is 5.82 Å². The third-order valence-electron chi connectivity index (χ3n) is 5.40. The molecule has 1 aliphatic heterocycles. The molecule has 0 spiro atoms. The van der Waals surface area contributed by atoms with Crippen LogP contribution in [0, 0.1) is 0 Å². The highest BCUT2D eigenvalue weighted by molar-refractivity contribution is 6.34. The molecular weight excluding hydrogens is 489 g/mol. The van der Waals surface area contributed by atoms with E-state index >= 15 is 0 Å². The molecule has 0 aliphatic carbocycles. The molecule has 1 fully saturated rings. The predicted octanol–water partition coefficient (Wildman–Crippen LogP) is 4.14. The molecule has 35 heavy (non-hydrogen) atoms. The Hall–Kier alpha value is -3.60. The second-order valence-electron chi connectivity index (χ2n) is 7.87. The molecule has 0 atom stereocenters. The number of nitrogens with zero attached hydrogens (tertiary/aromatic N) is 6. The SMILES string of the molecule is Nc1nc(Nc2ccc(N3CCOCC3)cc2)nn1-c1cc(NCc2cc(Cl)cc(Cl)c2)ncn1. The highest BCUT2D eigenvalue weighted by Crippen LogP contribution is 2.23. The summed E-state index contributed by atoms with van der Waals surface area (Å²) in [6.45, 7) is 3.75. The third-order valence-corrected chi connectivity index (χ3v) is 5.83. The van der Waals surface area contributed by atoms with Crippen molar-refractivity contribution in [1.29, 1.82) is 0 Å². The van der Waals surface area contributed by atoms with Crippen molar-refractivity contribution in [3.63, 3.8) is 0 Å². The Morgan fingerprint density at radius 3 is 2.46 bits per heavy atom. The number of nitrogen functional groups attached to an aromatic ring is 1. The summed E-state index contributed by atoms with van der Waals surface area (Å²) in [4.78, 5) is 15.1. The minimum atomic E-state index is 0.198. The number of benzene rings is 2. The van der Waals surface area contributed by atoms with Crippen molar-refractivity contribution in [1.82, 2.24) is 24.7 Å².